The molecule has 0 unspecified atom stereocenters. The first-order valence-corrected chi connectivity index (χ1v) is 10.0. The van der Waals surface area contributed by atoms with E-state index in [1.807, 2.05) is 25.2 Å². The van der Waals surface area contributed by atoms with Gasteiger partial charge in [-0.15, -0.1) is 24.0 Å². The van der Waals surface area contributed by atoms with Crippen molar-refractivity contribution in [1.29, 1.82) is 0 Å². The van der Waals surface area contributed by atoms with E-state index in [1.165, 1.54) is 5.56 Å². The SMILES string of the molecule is CN=C(NCc1ccc(NCCOC)cc1)N1CCN(c2ccccc2O)CC1.I. The molecule has 1 aliphatic heterocycles. The lowest BCUT2D eigenvalue weighted by molar-refractivity contribution is 0.211. The Labute approximate surface area is 196 Å². The fourth-order valence-electron chi connectivity index (χ4n) is 3.44. The van der Waals surface area contributed by atoms with Gasteiger partial charge in [-0.1, -0.05) is 24.3 Å². The van der Waals surface area contributed by atoms with Crippen LogP contribution in [0.25, 0.3) is 0 Å². The lowest BCUT2D eigenvalue weighted by Crippen LogP contribution is -2.52. The molecule has 0 amide bonds. The minimum atomic E-state index is 0. The van der Waals surface area contributed by atoms with Crippen molar-refractivity contribution in [2.24, 2.45) is 4.99 Å². The van der Waals surface area contributed by atoms with E-state index in [0.29, 0.717) is 12.4 Å². The van der Waals surface area contributed by atoms with Gasteiger partial charge in [0.2, 0.25) is 0 Å². The Balaban J connectivity index is 0.00000320. The second kappa shape index (κ2) is 12.5. The molecule has 3 rings (SSSR count). The van der Waals surface area contributed by atoms with Gasteiger partial charge in [0.05, 0.1) is 12.3 Å². The summed E-state index contributed by atoms with van der Waals surface area (Å²) in [7, 11) is 3.52. The Bertz CT molecular complexity index is 792. The molecule has 0 atom stereocenters. The van der Waals surface area contributed by atoms with Crippen LogP contribution in [0.3, 0.4) is 0 Å². The molecular weight excluding hydrogens is 493 g/mol. The van der Waals surface area contributed by atoms with Crippen LogP contribution in [0, 0.1) is 0 Å². The van der Waals surface area contributed by atoms with Crippen LogP contribution >= 0.6 is 24.0 Å². The highest BCUT2D eigenvalue weighted by molar-refractivity contribution is 14.0. The summed E-state index contributed by atoms with van der Waals surface area (Å²) in [5.41, 5.74) is 3.20. The van der Waals surface area contributed by atoms with E-state index in [9.17, 15) is 5.11 Å². The first-order chi connectivity index (χ1) is 14.2. The number of aromatic hydroxyl groups is 1. The van der Waals surface area contributed by atoms with E-state index < -0.39 is 0 Å². The number of rotatable bonds is 7. The molecule has 1 aliphatic rings. The van der Waals surface area contributed by atoms with Gasteiger partial charge < -0.3 is 30.3 Å². The van der Waals surface area contributed by atoms with Gasteiger partial charge in [0.25, 0.3) is 0 Å². The summed E-state index contributed by atoms with van der Waals surface area (Å²) < 4.78 is 5.05. The van der Waals surface area contributed by atoms with Gasteiger partial charge in [-0.2, -0.15) is 0 Å². The number of phenols is 1. The Morgan fingerprint density at radius 1 is 1.07 bits per heavy atom. The van der Waals surface area contributed by atoms with Crippen molar-refractivity contribution in [2.75, 3.05) is 63.7 Å². The summed E-state index contributed by atoms with van der Waals surface area (Å²) in [6.07, 6.45) is 0. The van der Waals surface area contributed by atoms with Crippen LogP contribution < -0.4 is 15.5 Å². The lowest BCUT2D eigenvalue weighted by Gasteiger charge is -2.37. The molecule has 2 aromatic rings. The number of aliphatic imine (C=N–C) groups is 1. The summed E-state index contributed by atoms with van der Waals surface area (Å²) in [4.78, 5) is 8.92. The zero-order valence-corrected chi connectivity index (χ0v) is 20.0. The average molecular weight is 525 g/mol. The number of phenolic OH excluding ortho intramolecular Hbond substituents is 1. The Morgan fingerprint density at radius 3 is 2.40 bits per heavy atom. The number of ether oxygens (including phenoxy) is 1. The molecule has 30 heavy (non-hydrogen) atoms. The predicted molar refractivity (Wildman–Crippen MR) is 134 cm³/mol. The van der Waals surface area contributed by atoms with Crippen LogP contribution in [0.15, 0.2) is 53.5 Å². The minimum Gasteiger partial charge on any atom is -0.506 e. The van der Waals surface area contributed by atoms with Gasteiger partial charge >= 0.3 is 0 Å². The molecule has 3 N–H and O–H groups in total. The van der Waals surface area contributed by atoms with Gasteiger partial charge in [-0.3, -0.25) is 4.99 Å². The maximum absolute atomic E-state index is 10.1. The molecule has 7 nitrogen and oxygen atoms in total. The monoisotopic (exact) mass is 525 g/mol. The summed E-state index contributed by atoms with van der Waals surface area (Å²) in [6, 6.07) is 15.9. The Hall–Kier alpha value is -2.20. The number of hydrogen-bond donors (Lipinski definition) is 3. The summed E-state index contributed by atoms with van der Waals surface area (Å²) in [5.74, 6) is 1.24. The number of piperazine rings is 1. The smallest absolute Gasteiger partial charge is 0.194 e. The number of nitrogens with zero attached hydrogens (tertiary/aromatic N) is 3. The van der Waals surface area contributed by atoms with Gasteiger partial charge in [0, 0.05) is 59.1 Å². The van der Waals surface area contributed by atoms with E-state index in [1.54, 1.807) is 13.2 Å². The van der Waals surface area contributed by atoms with E-state index in [-0.39, 0.29) is 24.0 Å². The van der Waals surface area contributed by atoms with E-state index in [0.717, 1.165) is 56.6 Å². The topological polar surface area (TPSA) is 72.4 Å². The molecule has 0 bridgehead atoms. The van der Waals surface area contributed by atoms with Crippen molar-refractivity contribution in [3.63, 3.8) is 0 Å². The van der Waals surface area contributed by atoms with Crippen LogP contribution in [0.1, 0.15) is 5.56 Å². The third-order valence-electron chi connectivity index (χ3n) is 5.05. The maximum Gasteiger partial charge on any atom is 0.194 e. The fraction of sp³-hybridized carbons (Fsp3) is 0.409. The standard InChI is InChI=1S/C22H31N5O2.HI/c1-23-22(25-17-18-7-9-19(10-8-18)24-11-16-29-2)27-14-12-26(13-15-27)20-5-3-4-6-21(20)28;/h3-10,24,28H,11-17H2,1-2H3,(H,23,25);1H. The van der Waals surface area contributed by atoms with Gasteiger partial charge in [-0.25, -0.2) is 0 Å². The summed E-state index contributed by atoms with van der Waals surface area (Å²) in [5, 5.41) is 16.9. The average Bonchev–Trinajstić information content (AvgIpc) is 2.76. The van der Waals surface area contributed by atoms with Crippen LogP contribution in [-0.4, -0.2) is 69.5 Å². The maximum atomic E-state index is 10.1. The van der Waals surface area contributed by atoms with E-state index in [2.05, 4.69) is 49.7 Å². The number of benzene rings is 2. The number of anilines is 2. The van der Waals surface area contributed by atoms with Gasteiger partial charge in [0.15, 0.2) is 5.96 Å². The summed E-state index contributed by atoms with van der Waals surface area (Å²) in [6.45, 7) is 5.63. The molecule has 0 saturated carbocycles. The number of halogens is 1. The molecule has 1 fully saturated rings. The zero-order chi connectivity index (χ0) is 20.5. The first kappa shape index (κ1) is 24.1. The third-order valence-corrected chi connectivity index (χ3v) is 5.05. The van der Waals surface area contributed by atoms with Crippen molar-refractivity contribution in [1.82, 2.24) is 10.2 Å². The summed E-state index contributed by atoms with van der Waals surface area (Å²) >= 11 is 0. The fourth-order valence-corrected chi connectivity index (χ4v) is 3.44. The van der Waals surface area contributed by atoms with Crippen LogP contribution in [-0.2, 0) is 11.3 Å². The number of para-hydroxylation sites is 2. The molecule has 1 saturated heterocycles. The normalized spacial score (nSPS) is 14.3. The molecule has 8 heteroatoms. The van der Waals surface area contributed by atoms with Gasteiger partial charge in [0.1, 0.15) is 5.75 Å². The zero-order valence-electron chi connectivity index (χ0n) is 17.7. The highest BCUT2D eigenvalue weighted by atomic mass is 127. The van der Waals surface area contributed by atoms with Crippen molar-refractivity contribution in [3.05, 3.63) is 54.1 Å². The first-order valence-electron chi connectivity index (χ1n) is 10.0. The Kier molecular flexibility index (Phi) is 10.0. The van der Waals surface area contributed by atoms with Gasteiger partial charge in [-0.05, 0) is 29.8 Å². The number of nitrogens with one attached hydrogen (secondary N) is 2. The highest BCUT2D eigenvalue weighted by Crippen LogP contribution is 2.27. The molecule has 0 aliphatic carbocycles. The predicted octanol–water partition coefficient (Wildman–Crippen LogP) is 2.97. The number of hydrogen-bond acceptors (Lipinski definition) is 5. The van der Waals surface area contributed by atoms with Crippen LogP contribution in [0.2, 0.25) is 0 Å². The molecule has 164 valence electrons. The molecule has 2 aromatic carbocycles. The number of guanidine groups is 1. The van der Waals surface area contributed by atoms with Crippen molar-refractivity contribution < 1.29 is 9.84 Å². The van der Waals surface area contributed by atoms with Crippen LogP contribution in [0.4, 0.5) is 11.4 Å². The molecular formula is C22H32IN5O2. The highest BCUT2D eigenvalue weighted by Gasteiger charge is 2.21. The lowest BCUT2D eigenvalue weighted by atomic mass is 10.2. The molecule has 0 radical (unpaired) electrons. The second-order valence-corrected chi connectivity index (χ2v) is 6.98. The third kappa shape index (κ3) is 6.66. The van der Waals surface area contributed by atoms with E-state index in [4.69, 9.17) is 4.74 Å². The molecule has 1 heterocycles. The van der Waals surface area contributed by atoms with E-state index >= 15 is 0 Å². The Morgan fingerprint density at radius 2 is 1.77 bits per heavy atom. The second-order valence-electron chi connectivity index (χ2n) is 6.98. The van der Waals surface area contributed by atoms with Crippen molar-refractivity contribution in [3.8, 4) is 5.75 Å². The molecule has 0 spiro atoms. The van der Waals surface area contributed by atoms with Crippen LogP contribution in [0.5, 0.6) is 5.75 Å². The molecule has 0 aromatic heterocycles. The quantitative estimate of drug-likeness (QED) is 0.224. The largest absolute Gasteiger partial charge is 0.506 e. The van der Waals surface area contributed by atoms with Crippen molar-refractivity contribution >= 4 is 41.3 Å². The van der Waals surface area contributed by atoms with Crippen molar-refractivity contribution in [2.45, 2.75) is 6.54 Å². The minimum absolute atomic E-state index is 0. The number of methoxy groups -OCH3 is 1.